The lowest BCUT2D eigenvalue weighted by Gasteiger charge is -2.09. The fourth-order valence-corrected chi connectivity index (χ4v) is 3.01. The maximum Gasteiger partial charge on any atom is 0.248 e. The first kappa shape index (κ1) is 22.5. The Labute approximate surface area is 194 Å². The van der Waals surface area contributed by atoms with Crippen molar-refractivity contribution >= 4 is 40.8 Å². The summed E-state index contributed by atoms with van der Waals surface area (Å²) in [6.45, 7) is 1.98. The van der Waals surface area contributed by atoms with Crippen LogP contribution in [0.1, 0.15) is 11.1 Å². The minimum atomic E-state index is -0.612. The fraction of sp³-hybridized carbons (Fsp3) is 0.0400. The highest BCUT2D eigenvalue weighted by molar-refractivity contribution is 6.02. The highest BCUT2D eigenvalue weighted by Crippen LogP contribution is 2.20. The molecule has 2 aromatic heterocycles. The number of hydrogen-bond donors (Lipinski definition) is 3. The van der Waals surface area contributed by atoms with E-state index in [1.165, 1.54) is 12.4 Å². The van der Waals surface area contributed by atoms with Crippen molar-refractivity contribution < 1.29 is 13.6 Å². The smallest absolute Gasteiger partial charge is 0.248 e. The van der Waals surface area contributed by atoms with Crippen LogP contribution in [0.15, 0.2) is 79.3 Å². The van der Waals surface area contributed by atoms with Crippen LogP contribution < -0.4 is 16.0 Å². The van der Waals surface area contributed by atoms with Gasteiger partial charge in [-0.1, -0.05) is 0 Å². The number of nitrogens with zero attached hydrogens (tertiary/aromatic N) is 3. The maximum atomic E-state index is 13.6. The van der Waals surface area contributed by atoms with E-state index >= 15 is 0 Å². The lowest BCUT2D eigenvalue weighted by Crippen LogP contribution is -2.07. The molecule has 1 amide bonds. The van der Waals surface area contributed by atoms with Gasteiger partial charge in [-0.15, -0.1) is 0 Å². The van der Waals surface area contributed by atoms with Gasteiger partial charge in [-0.25, -0.2) is 23.7 Å². The minimum Gasteiger partial charge on any atom is -0.340 e. The third kappa shape index (κ3) is 6.19. The molecule has 0 radical (unpaired) electrons. The fourth-order valence-electron chi connectivity index (χ4n) is 3.01. The Morgan fingerprint density at radius 1 is 0.824 bits per heavy atom. The number of pyridine rings is 1. The third-order valence-electron chi connectivity index (χ3n) is 4.64. The van der Waals surface area contributed by atoms with Crippen LogP contribution in [0.2, 0.25) is 0 Å². The number of hydrogen-bond acceptors (Lipinski definition) is 6. The molecule has 7 nitrogen and oxygen atoms in total. The van der Waals surface area contributed by atoms with Gasteiger partial charge in [0.2, 0.25) is 5.91 Å². The number of carbonyl (C=O) groups excluding carboxylic acids is 1. The molecule has 0 saturated carbocycles. The van der Waals surface area contributed by atoms with Crippen LogP contribution in [0.3, 0.4) is 0 Å². The number of nitrogens with one attached hydrogen (secondary N) is 3. The molecule has 2 aromatic carbocycles. The van der Waals surface area contributed by atoms with Gasteiger partial charge in [-0.2, -0.15) is 0 Å². The molecule has 0 saturated heterocycles. The van der Waals surface area contributed by atoms with Gasteiger partial charge in [-0.3, -0.25) is 4.79 Å². The Hall–Kier alpha value is -4.66. The summed E-state index contributed by atoms with van der Waals surface area (Å²) in [6, 6.07) is 15.5. The summed E-state index contributed by atoms with van der Waals surface area (Å²) in [5.74, 6) is 0.171. The number of halogens is 2. The van der Waals surface area contributed by atoms with E-state index in [-0.39, 0.29) is 5.56 Å². The molecule has 0 unspecified atom stereocenters. The van der Waals surface area contributed by atoms with Crippen molar-refractivity contribution in [2.24, 2.45) is 0 Å². The van der Waals surface area contributed by atoms with E-state index in [0.717, 1.165) is 35.5 Å². The summed E-state index contributed by atoms with van der Waals surface area (Å²) in [6.07, 6.45) is 5.51. The van der Waals surface area contributed by atoms with Crippen LogP contribution >= 0.6 is 0 Å². The molecule has 2 heterocycles. The molecule has 9 heteroatoms. The SMILES string of the molecule is Cc1ccnc(Nc2cc(Nc3ccc(NC(=O)/C=C/c4cc(F)ccc4F)cc3)ncn2)c1. The van der Waals surface area contributed by atoms with E-state index in [4.69, 9.17) is 0 Å². The highest BCUT2D eigenvalue weighted by atomic mass is 19.1. The van der Waals surface area contributed by atoms with Gasteiger partial charge in [0.25, 0.3) is 0 Å². The monoisotopic (exact) mass is 458 g/mol. The van der Waals surface area contributed by atoms with Crippen molar-refractivity contribution in [3.05, 3.63) is 102 Å². The summed E-state index contributed by atoms with van der Waals surface area (Å²) in [4.78, 5) is 24.8. The number of benzene rings is 2. The average molecular weight is 458 g/mol. The van der Waals surface area contributed by atoms with Crippen LogP contribution in [0, 0.1) is 18.6 Å². The zero-order valence-corrected chi connectivity index (χ0v) is 18.1. The number of amides is 1. The van der Waals surface area contributed by atoms with Crippen LogP contribution in [0.4, 0.5) is 37.6 Å². The van der Waals surface area contributed by atoms with Crippen molar-refractivity contribution in [2.75, 3.05) is 16.0 Å². The highest BCUT2D eigenvalue weighted by Gasteiger charge is 2.04. The predicted octanol–water partition coefficient (Wildman–Crippen LogP) is 5.60. The molecule has 170 valence electrons. The van der Waals surface area contributed by atoms with Gasteiger partial charge in [0, 0.05) is 35.3 Å². The number of anilines is 5. The first-order chi connectivity index (χ1) is 16.4. The van der Waals surface area contributed by atoms with E-state index in [2.05, 4.69) is 30.9 Å². The summed E-state index contributed by atoms with van der Waals surface area (Å²) in [7, 11) is 0. The Kier molecular flexibility index (Phi) is 6.83. The van der Waals surface area contributed by atoms with Crippen molar-refractivity contribution in [1.29, 1.82) is 0 Å². The Balaban J connectivity index is 1.36. The first-order valence-corrected chi connectivity index (χ1v) is 10.3. The average Bonchev–Trinajstić information content (AvgIpc) is 2.81. The number of carbonyl (C=O) groups is 1. The molecule has 0 atom stereocenters. The molecular formula is C25H20F2N6O. The molecule has 4 rings (SSSR count). The normalized spacial score (nSPS) is 10.8. The summed E-state index contributed by atoms with van der Waals surface area (Å²) >= 11 is 0. The molecule has 4 aromatic rings. The molecule has 0 spiro atoms. The van der Waals surface area contributed by atoms with Crippen LogP contribution in [-0.4, -0.2) is 20.9 Å². The first-order valence-electron chi connectivity index (χ1n) is 10.3. The van der Waals surface area contributed by atoms with Gasteiger partial charge in [0.15, 0.2) is 0 Å². The topological polar surface area (TPSA) is 91.8 Å². The van der Waals surface area contributed by atoms with E-state index in [9.17, 15) is 13.6 Å². The number of rotatable bonds is 7. The summed E-state index contributed by atoms with van der Waals surface area (Å²) in [5, 5.41) is 8.96. The van der Waals surface area contributed by atoms with Crippen LogP contribution in [0.5, 0.6) is 0 Å². The van der Waals surface area contributed by atoms with E-state index in [1.807, 2.05) is 19.1 Å². The van der Waals surface area contributed by atoms with Gasteiger partial charge in [0.1, 0.15) is 35.4 Å². The van der Waals surface area contributed by atoms with Crippen molar-refractivity contribution in [2.45, 2.75) is 6.92 Å². The second-order valence-corrected chi connectivity index (χ2v) is 7.32. The standard InChI is InChI=1S/C25H20F2N6O/c1-16-10-11-28-22(12-16)33-24-14-23(29-15-30-24)31-19-4-6-20(7-5-19)32-25(34)9-2-17-13-18(26)3-8-21(17)27/h2-15H,1H3,(H,32,34)(H2,28,29,30,31,33)/b9-2+. The quantitative estimate of drug-likeness (QED) is 0.313. The lowest BCUT2D eigenvalue weighted by molar-refractivity contribution is -0.111. The summed E-state index contributed by atoms with van der Waals surface area (Å²) < 4.78 is 26.9. The van der Waals surface area contributed by atoms with Gasteiger partial charge in [-0.05, 0) is 73.2 Å². The number of aromatic nitrogens is 3. The second-order valence-electron chi connectivity index (χ2n) is 7.32. The zero-order chi connectivity index (χ0) is 23.9. The van der Waals surface area contributed by atoms with Crippen LogP contribution in [-0.2, 0) is 4.79 Å². The lowest BCUT2D eigenvalue weighted by atomic mass is 10.2. The van der Waals surface area contributed by atoms with Gasteiger partial charge >= 0.3 is 0 Å². The molecule has 0 aliphatic carbocycles. The Morgan fingerprint density at radius 3 is 2.29 bits per heavy atom. The second kappa shape index (κ2) is 10.3. The molecule has 0 aliphatic heterocycles. The van der Waals surface area contributed by atoms with Crippen LogP contribution in [0.25, 0.3) is 6.08 Å². The van der Waals surface area contributed by atoms with E-state index in [0.29, 0.717) is 23.1 Å². The molecular weight excluding hydrogens is 438 g/mol. The molecule has 0 bridgehead atoms. The van der Waals surface area contributed by atoms with Gasteiger partial charge < -0.3 is 16.0 Å². The van der Waals surface area contributed by atoms with Crippen molar-refractivity contribution in [3.8, 4) is 0 Å². The Bertz CT molecular complexity index is 1340. The maximum absolute atomic E-state index is 13.6. The summed E-state index contributed by atoms with van der Waals surface area (Å²) in [5.41, 5.74) is 2.35. The minimum absolute atomic E-state index is 0.00779. The largest absolute Gasteiger partial charge is 0.340 e. The van der Waals surface area contributed by atoms with Crippen molar-refractivity contribution in [1.82, 2.24) is 15.0 Å². The molecule has 0 fully saturated rings. The van der Waals surface area contributed by atoms with E-state index in [1.54, 1.807) is 36.5 Å². The molecule has 0 aliphatic rings. The van der Waals surface area contributed by atoms with Gasteiger partial charge in [0.05, 0.1) is 0 Å². The van der Waals surface area contributed by atoms with Crippen molar-refractivity contribution in [3.63, 3.8) is 0 Å². The predicted molar refractivity (Wildman–Crippen MR) is 128 cm³/mol. The number of aryl methyl sites for hydroxylation is 1. The molecule has 34 heavy (non-hydrogen) atoms. The van der Waals surface area contributed by atoms with E-state index < -0.39 is 17.5 Å². The Morgan fingerprint density at radius 2 is 1.53 bits per heavy atom. The molecule has 3 N–H and O–H groups in total. The zero-order valence-electron chi connectivity index (χ0n) is 18.1. The third-order valence-corrected chi connectivity index (χ3v) is 4.64.